The van der Waals surface area contributed by atoms with Crippen molar-refractivity contribution in [1.82, 2.24) is 15.1 Å². The van der Waals surface area contributed by atoms with E-state index in [0.717, 1.165) is 28.2 Å². The van der Waals surface area contributed by atoms with Crippen molar-refractivity contribution < 1.29 is 4.39 Å². The van der Waals surface area contributed by atoms with E-state index in [2.05, 4.69) is 33.9 Å². The number of allylic oxidation sites excluding steroid dienone is 2. The third-order valence-corrected chi connectivity index (χ3v) is 4.91. The van der Waals surface area contributed by atoms with Crippen LogP contribution < -0.4 is 16.4 Å². The Bertz CT molecular complexity index is 1220. The first kappa shape index (κ1) is 22.6. The number of hydrogen-bond donors (Lipinski definition) is 3. The number of aliphatic imine (C=N–C) groups is 1. The van der Waals surface area contributed by atoms with E-state index in [4.69, 9.17) is 5.73 Å². The van der Waals surface area contributed by atoms with Crippen LogP contribution in [0.4, 0.5) is 15.9 Å². The average Bonchev–Trinajstić information content (AvgIpc) is 3.15. The molecule has 0 bridgehead atoms. The number of benzene rings is 2. The molecule has 0 unspecified atom stereocenters. The lowest BCUT2D eigenvalue weighted by Crippen LogP contribution is -2.09. The van der Waals surface area contributed by atoms with Gasteiger partial charge in [0.15, 0.2) is 0 Å². The second kappa shape index (κ2) is 9.78. The molecule has 0 aliphatic carbocycles. The molecule has 3 aromatic rings. The van der Waals surface area contributed by atoms with Gasteiger partial charge in [-0.2, -0.15) is 5.10 Å². The molecular weight excluding hydrogens is 403 g/mol. The smallest absolute Gasteiger partial charge is 0.148 e. The Balaban J connectivity index is 1.82. The highest BCUT2D eigenvalue weighted by Crippen LogP contribution is 2.28. The maximum absolute atomic E-state index is 14.2. The molecule has 7 heteroatoms. The molecule has 32 heavy (non-hydrogen) atoms. The number of rotatable bonds is 8. The van der Waals surface area contributed by atoms with E-state index in [1.54, 1.807) is 37.7 Å². The largest absolute Gasteiger partial charge is 0.383 e. The standard InChI is InChI=1S/C25H27FN6/c1-16-10-11-20(18(3)30-17(2)12-13-28-5)14-23(16)31-19(4)21-15-29-32(25(21)27)24-9-7-6-8-22(24)26/h6-15,30-31H,3-4,27H2,1-2,5H3/b17-12+,28-13?. The fraction of sp³-hybridized carbons (Fsp3) is 0.120. The minimum absolute atomic E-state index is 0.279. The van der Waals surface area contributed by atoms with Crippen LogP contribution in [0, 0.1) is 12.7 Å². The number of nitrogens with one attached hydrogen (secondary N) is 2. The van der Waals surface area contributed by atoms with Gasteiger partial charge in [0.2, 0.25) is 0 Å². The second-order valence-corrected chi connectivity index (χ2v) is 7.30. The van der Waals surface area contributed by atoms with Gasteiger partial charge in [0, 0.05) is 36.0 Å². The molecule has 1 aromatic heterocycles. The topological polar surface area (TPSA) is 80.3 Å². The molecule has 0 saturated carbocycles. The quantitative estimate of drug-likeness (QED) is 0.432. The third-order valence-electron chi connectivity index (χ3n) is 4.91. The Hall–Kier alpha value is -4.13. The molecule has 0 fully saturated rings. The van der Waals surface area contributed by atoms with Gasteiger partial charge in [-0.3, -0.25) is 4.99 Å². The molecule has 1 heterocycles. The van der Waals surface area contributed by atoms with Gasteiger partial charge in [-0.05, 0) is 49.2 Å². The monoisotopic (exact) mass is 430 g/mol. The van der Waals surface area contributed by atoms with E-state index in [1.807, 2.05) is 38.1 Å². The van der Waals surface area contributed by atoms with Crippen molar-refractivity contribution >= 4 is 29.1 Å². The Morgan fingerprint density at radius 2 is 1.94 bits per heavy atom. The number of nitrogens with two attached hydrogens (primary N) is 1. The maximum atomic E-state index is 14.2. The summed E-state index contributed by atoms with van der Waals surface area (Å²) < 4.78 is 15.5. The molecule has 0 saturated heterocycles. The van der Waals surface area contributed by atoms with Gasteiger partial charge in [0.05, 0.1) is 11.8 Å². The summed E-state index contributed by atoms with van der Waals surface area (Å²) in [5.41, 5.74) is 12.2. The van der Waals surface area contributed by atoms with Gasteiger partial charge in [0.25, 0.3) is 0 Å². The summed E-state index contributed by atoms with van der Waals surface area (Å²) >= 11 is 0. The molecule has 0 aliphatic heterocycles. The molecule has 6 nitrogen and oxygen atoms in total. The third kappa shape index (κ3) is 4.95. The Morgan fingerprint density at radius 1 is 1.19 bits per heavy atom. The summed E-state index contributed by atoms with van der Waals surface area (Å²) in [7, 11) is 1.72. The van der Waals surface area contributed by atoms with Crippen molar-refractivity contribution in [1.29, 1.82) is 0 Å². The Kier molecular flexibility index (Phi) is 6.90. The zero-order valence-corrected chi connectivity index (χ0v) is 18.5. The highest BCUT2D eigenvalue weighted by Gasteiger charge is 2.15. The highest BCUT2D eigenvalue weighted by molar-refractivity contribution is 5.82. The lowest BCUT2D eigenvalue weighted by molar-refractivity contribution is 0.612. The molecule has 0 atom stereocenters. The predicted molar refractivity (Wildman–Crippen MR) is 132 cm³/mol. The summed E-state index contributed by atoms with van der Waals surface area (Å²) in [4.78, 5) is 3.95. The summed E-state index contributed by atoms with van der Waals surface area (Å²) in [5, 5.41) is 10.8. The van der Waals surface area contributed by atoms with Crippen LogP contribution in [0.3, 0.4) is 0 Å². The number of aryl methyl sites for hydroxylation is 1. The van der Waals surface area contributed by atoms with Crippen molar-refractivity contribution in [3.63, 3.8) is 0 Å². The van der Waals surface area contributed by atoms with Crippen LogP contribution in [0.2, 0.25) is 0 Å². The minimum Gasteiger partial charge on any atom is -0.383 e. The summed E-state index contributed by atoms with van der Waals surface area (Å²) in [5.74, 6) is -0.109. The predicted octanol–water partition coefficient (Wildman–Crippen LogP) is 5.15. The molecule has 2 aromatic carbocycles. The number of nitrogens with zero attached hydrogens (tertiary/aromatic N) is 3. The van der Waals surface area contributed by atoms with Gasteiger partial charge in [-0.25, -0.2) is 9.07 Å². The van der Waals surface area contributed by atoms with Crippen LogP contribution in [0.25, 0.3) is 17.1 Å². The lowest BCUT2D eigenvalue weighted by Gasteiger charge is -2.16. The zero-order chi connectivity index (χ0) is 23.3. The van der Waals surface area contributed by atoms with E-state index < -0.39 is 5.82 Å². The SMILES string of the molecule is C=C(N/C(C)=C/C=NC)c1ccc(C)c(NC(=C)c2cnn(-c3ccccc3F)c2N)c1. The fourth-order valence-corrected chi connectivity index (χ4v) is 3.12. The zero-order valence-electron chi connectivity index (χ0n) is 18.5. The van der Waals surface area contributed by atoms with Crippen LogP contribution in [-0.2, 0) is 0 Å². The summed E-state index contributed by atoms with van der Waals surface area (Å²) in [6.45, 7) is 12.2. The summed E-state index contributed by atoms with van der Waals surface area (Å²) in [6, 6.07) is 12.3. The van der Waals surface area contributed by atoms with Crippen LogP contribution in [0.5, 0.6) is 0 Å². The van der Waals surface area contributed by atoms with Crippen molar-refractivity contribution in [3.8, 4) is 5.69 Å². The minimum atomic E-state index is -0.406. The van der Waals surface area contributed by atoms with E-state index in [0.29, 0.717) is 17.1 Å². The molecule has 164 valence electrons. The molecule has 0 spiro atoms. The van der Waals surface area contributed by atoms with E-state index >= 15 is 0 Å². The molecule has 4 N–H and O–H groups in total. The first-order valence-corrected chi connectivity index (χ1v) is 10.0. The normalized spacial score (nSPS) is 11.6. The highest BCUT2D eigenvalue weighted by atomic mass is 19.1. The number of anilines is 2. The number of hydrogen-bond acceptors (Lipinski definition) is 5. The Labute approximate surface area is 187 Å². The number of halogens is 1. The molecular formula is C25H27FN6. The van der Waals surface area contributed by atoms with Gasteiger partial charge in [-0.1, -0.05) is 37.4 Å². The number of nitrogen functional groups attached to an aromatic ring is 1. The molecule has 3 rings (SSSR count). The molecule has 0 radical (unpaired) electrons. The average molecular weight is 431 g/mol. The van der Waals surface area contributed by atoms with Gasteiger partial charge in [0.1, 0.15) is 17.3 Å². The van der Waals surface area contributed by atoms with Crippen LogP contribution in [0.15, 0.2) is 78.6 Å². The van der Waals surface area contributed by atoms with E-state index in [1.165, 1.54) is 10.7 Å². The van der Waals surface area contributed by atoms with Crippen molar-refractivity contribution in [3.05, 3.63) is 96.1 Å². The van der Waals surface area contributed by atoms with Crippen molar-refractivity contribution in [2.75, 3.05) is 18.1 Å². The first-order valence-electron chi connectivity index (χ1n) is 10.0. The van der Waals surface area contributed by atoms with Gasteiger partial charge in [-0.15, -0.1) is 0 Å². The Morgan fingerprint density at radius 3 is 2.66 bits per heavy atom. The first-order chi connectivity index (χ1) is 15.3. The summed E-state index contributed by atoms with van der Waals surface area (Å²) in [6.07, 6.45) is 5.16. The molecule has 0 amide bonds. The van der Waals surface area contributed by atoms with Crippen molar-refractivity contribution in [2.24, 2.45) is 4.99 Å². The molecule has 0 aliphatic rings. The van der Waals surface area contributed by atoms with Crippen LogP contribution in [0.1, 0.15) is 23.6 Å². The number of para-hydroxylation sites is 1. The number of aromatic nitrogens is 2. The van der Waals surface area contributed by atoms with Gasteiger partial charge >= 0.3 is 0 Å². The van der Waals surface area contributed by atoms with Crippen molar-refractivity contribution in [2.45, 2.75) is 13.8 Å². The van der Waals surface area contributed by atoms with Gasteiger partial charge < -0.3 is 16.4 Å². The lowest BCUT2D eigenvalue weighted by atomic mass is 10.1. The van der Waals surface area contributed by atoms with E-state index in [9.17, 15) is 4.39 Å². The van der Waals surface area contributed by atoms with E-state index in [-0.39, 0.29) is 5.69 Å². The fourth-order valence-electron chi connectivity index (χ4n) is 3.12. The second-order valence-electron chi connectivity index (χ2n) is 7.30. The van der Waals surface area contributed by atoms with Crippen LogP contribution >= 0.6 is 0 Å². The maximum Gasteiger partial charge on any atom is 0.148 e. The van der Waals surface area contributed by atoms with Crippen LogP contribution in [-0.4, -0.2) is 23.0 Å².